The lowest BCUT2D eigenvalue weighted by Crippen LogP contribution is -2.40. The summed E-state index contributed by atoms with van der Waals surface area (Å²) in [5, 5.41) is 0. The molecular weight excluding hydrogens is 205 g/mol. The van der Waals surface area contributed by atoms with E-state index in [1.54, 1.807) is 4.90 Å². The third-order valence-electron chi connectivity index (χ3n) is 3.00. The van der Waals surface area contributed by atoms with E-state index in [9.17, 15) is 9.18 Å². The van der Waals surface area contributed by atoms with Gasteiger partial charge in [-0.3, -0.25) is 9.69 Å². The number of likely N-dealkylation sites (tertiary alicyclic amines) is 1. The zero-order valence-corrected chi connectivity index (χ0v) is 9.23. The van der Waals surface area contributed by atoms with Crippen molar-refractivity contribution in [2.24, 2.45) is 0 Å². The Balaban J connectivity index is 1.88. The van der Waals surface area contributed by atoms with Crippen molar-refractivity contribution >= 4 is 5.78 Å². The van der Waals surface area contributed by atoms with Crippen molar-refractivity contribution in [2.75, 3.05) is 13.1 Å². The van der Waals surface area contributed by atoms with Gasteiger partial charge in [0, 0.05) is 32.4 Å². The Morgan fingerprint density at radius 2 is 1.81 bits per heavy atom. The fraction of sp³-hybridized carbons (Fsp3) is 0.462. The zero-order valence-electron chi connectivity index (χ0n) is 9.23. The lowest BCUT2D eigenvalue weighted by atomic mass is 10.1. The van der Waals surface area contributed by atoms with Crippen molar-refractivity contribution in [1.82, 2.24) is 4.90 Å². The first kappa shape index (κ1) is 11.3. The van der Waals surface area contributed by atoms with Gasteiger partial charge in [-0.25, -0.2) is 4.39 Å². The molecular formula is C13H16FNO. The summed E-state index contributed by atoms with van der Waals surface area (Å²) in [5.74, 6) is 0.253. The molecule has 2 nitrogen and oxygen atoms in total. The average molecular weight is 221 g/mol. The van der Waals surface area contributed by atoms with Gasteiger partial charge in [0.25, 0.3) is 0 Å². The number of alkyl halides is 1. The second kappa shape index (κ2) is 5.21. The highest BCUT2D eigenvalue weighted by Gasteiger charge is 2.23. The first-order chi connectivity index (χ1) is 7.75. The monoisotopic (exact) mass is 221 g/mol. The third-order valence-corrected chi connectivity index (χ3v) is 3.00. The molecule has 1 atom stereocenters. The maximum absolute atomic E-state index is 13.9. The number of Topliss-reactive ketones (excluding diaryl/α,β-unsaturated/α-hetero) is 1. The van der Waals surface area contributed by atoms with Gasteiger partial charge in [-0.2, -0.15) is 0 Å². The number of carbonyl (C=O) groups is 1. The number of carbonyl (C=O) groups excluding carboxylic acids is 1. The molecule has 2 rings (SSSR count). The normalized spacial score (nSPS) is 19.7. The minimum absolute atomic E-state index is 0.253. The summed E-state index contributed by atoms with van der Waals surface area (Å²) in [4.78, 5) is 12.8. The Bertz CT molecular complexity index is 342. The van der Waals surface area contributed by atoms with Crippen molar-refractivity contribution in [3.8, 4) is 0 Å². The van der Waals surface area contributed by atoms with Gasteiger partial charge in [-0.1, -0.05) is 30.3 Å². The summed E-state index contributed by atoms with van der Waals surface area (Å²) < 4.78 is 13.9. The van der Waals surface area contributed by atoms with E-state index in [1.807, 2.05) is 30.3 Å². The van der Waals surface area contributed by atoms with Crippen LogP contribution in [0, 0.1) is 0 Å². The molecule has 1 saturated heterocycles. The van der Waals surface area contributed by atoms with E-state index in [1.165, 1.54) is 0 Å². The van der Waals surface area contributed by atoms with E-state index < -0.39 is 6.30 Å². The topological polar surface area (TPSA) is 20.3 Å². The quantitative estimate of drug-likeness (QED) is 0.729. The molecule has 1 unspecified atom stereocenters. The van der Waals surface area contributed by atoms with Crippen LogP contribution >= 0.6 is 0 Å². The fourth-order valence-electron chi connectivity index (χ4n) is 1.99. The highest BCUT2D eigenvalue weighted by molar-refractivity contribution is 5.79. The first-order valence-electron chi connectivity index (χ1n) is 5.69. The molecule has 1 heterocycles. The molecule has 0 radical (unpaired) electrons. The Kier molecular flexibility index (Phi) is 3.67. The standard InChI is InChI=1S/C13H16FNO/c14-13(10-11-4-2-1-3-5-11)15-8-6-12(16)7-9-15/h1-5,13H,6-10H2. The van der Waals surface area contributed by atoms with Gasteiger partial charge in [0.15, 0.2) is 6.30 Å². The molecule has 0 N–H and O–H groups in total. The van der Waals surface area contributed by atoms with Crippen molar-refractivity contribution in [3.05, 3.63) is 35.9 Å². The summed E-state index contributed by atoms with van der Waals surface area (Å²) in [6, 6.07) is 9.63. The number of halogens is 1. The van der Waals surface area contributed by atoms with Gasteiger partial charge in [0.2, 0.25) is 0 Å². The molecule has 16 heavy (non-hydrogen) atoms. The van der Waals surface area contributed by atoms with E-state index in [4.69, 9.17) is 0 Å². The van der Waals surface area contributed by atoms with E-state index in [2.05, 4.69) is 0 Å². The van der Waals surface area contributed by atoms with Crippen molar-refractivity contribution < 1.29 is 9.18 Å². The van der Waals surface area contributed by atoms with Crippen LogP contribution in [0.2, 0.25) is 0 Å². The number of hydrogen-bond acceptors (Lipinski definition) is 2. The van der Waals surface area contributed by atoms with Gasteiger partial charge in [-0.05, 0) is 5.56 Å². The van der Waals surface area contributed by atoms with Crippen molar-refractivity contribution in [1.29, 1.82) is 0 Å². The molecule has 1 aromatic rings. The van der Waals surface area contributed by atoms with Crippen LogP contribution in [0.1, 0.15) is 18.4 Å². The van der Waals surface area contributed by atoms with Crippen molar-refractivity contribution in [3.63, 3.8) is 0 Å². The second-order valence-electron chi connectivity index (χ2n) is 4.20. The zero-order chi connectivity index (χ0) is 11.4. The lowest BCUT2D eigenvalue weighted by Gasteiger charge is -2.29. The predicted molar refractivity (Wildman–Crippen MR) is 60.9 cm³/mol. The summed E-state index contributed by atoms with van der Waals surface area (Å²) in [6.45, 7) is 1.12. The summed E-state index contributed by atoms with van der Waals surface area (Å²) in [5.41, 5.74) is 1.01. The van der Waals surface area contributed by atoms with Gasteiger partial charge in [0.05, 0.1) is 0 Å². The van der Waals surface area contributed by atoms with Crippen LogP contribution in [0.3, 0.4) is 0 Å². The molecule has 0 bridgehead atoms. The van der Waals surface area contributed by atoms with Gasteiger partial charge in [-0.15, -0.1) is 0 Å². The van der Waals surface area contributed by atoms with Crippen LogP contribution in [-0.2, 0) is 11.2 Å². The molecule has 0 spiro atoms. The van der Waals surface area contributed by atoms with Crippen LogP contribution < -0.4 is 0 Å². The summed E-state index contributed by atoms with van der Waals surface area (Å²) in [6.07, 6.45) is 0.440. The van der Waals surface area contributed by atoms with Crippen LogP contribution in [0.4, 0.5) is 4.39 Å². The SMILES string of the molecule is O=C1CCN(C(F)Cc2ccccc2)CC1. The van der Waals surface area contributed by atoms with Gasteiger partial charge in [0.1, 0.15) is 5.78 Å². The number of benzene rings is 1. The largest absolute Gasteiger partial charge is 0.300 e. The van der Waals surface area contributed by atoms with E-state index in [0.29, 0.717) is 32.4 Å². The third kappa shape index (κ3) is 2.89. The maximum Gasteiger partial charge on any atom is 0.157 e. The van der Waals surface area contributed by atoms with Crippen LogP contribution in [0.25, 0.3) is 0 Å². The van der Waals surface area contributed by atoms with Crippen molar-refractivity contribution in [2.45, 2.75) is 25.6 Å². The molecule has 1 fully saturated rings. The van der Waals surface area contributed by atoms with E-state index in [-0.39, 0.29) is 5.78 Å². The second-order valence-corrected chi connectivity index (χ2v) is 4.20. The number of piperidine rings is 1. The minimum Gasteiger partial charge on any atom is -0.300 e. The average Bonchev–Trinajstić information content (AvgIpc) is 2.31. The molecule has 1 aliphatic rings. The Hall–Kier alpha value is -1.22. The molecule has 0 aliphatic carbocycles. The van der Waals surface area contributed by atoms with E-state index >= 15 is 0 Å². The molecule has 3 heteroatoms. The fourth-order valence-corrected chi connectivity index (χ4v) is 1.99. The molecule has 0 aromatic heterocycles. The number of nitrogens with zero attached hydrogens (tertiary/aromatic N) is 1. The molecule has 1 aromatic carbocycles. The Morgan fingerprint density at radius 3 is 2.44 bits per heavy atom. The number of hydrogen-bond donors (Lipinski definition) is 0. The summed E-state index contributed by atoms with van der Waals surface area (Å²) >= 11 is 0. The van der Waals surface area contributed by atoms with Gasteiger partial charge < -0.3 is 0 Å². The van der Waals surface area contributed by atoms with Crippen LogP contribution in [-0.4, -0.2) is 30.1 Å². The smallest absolute Gasteiger partial charge is 0.157 e. The lowest BCUT2D eigenvalue weighted by molar-refractivity contribution is -0.122. The summed E-state index contributed by atoms with van der Waals surface area (Å²) in [7, 11) is 0. The highest BCUT2D eigenvalue weighted by atomic mass is 19.1. The first-order valence-corrected chi connectivity index (χ1v) is 5.69. The predicted octanol–water partition coefficient (Wildman–Crippen LogP) is 2.19. The van der Waals surface area contributed by atoms with E-state index in [0.717, 1.165) is 5.56 Å². The minimum atomic E-state index is -0.963. The maximum atomic E-state index is 13.9. The molecule has 86 valence electrons. The molecule has 1 aliphatic heterocycles. The highest BCUT2D eigenvalue weighted by Crippen LogP contribution is 2.14. The molecule has 0 saturated carbocycles. The number of rotatable bonds is 3. The Labute approximate surface area is 95.1 Å². The van der Waals surface area contributed by atoms with Crippen LogP contribution in [0.15, 0.2) is 30.3 Å². The van der Waals surface area contributed by atoms with Crippen LogP contribution in [0.5, 0.6) is 0 Å². The van der Waals surface area contributed by atoms with Gasteiger partial charge >= 0.3 is 0 Å². The number of ketones is 1. The molecule has 0 amide bonds. The Morgan fingerprint density at radius 1 is 1.19 bits per heavy atom.